The third-order valence-electron chi connectivity index (χ3n) is 3.65. The van der Waals surface area contributed by atoms with Gasteiger partial charge < -0.3 is 0 Å². The molecular formula is C19H15N3. The highest BCUT2D eigenvalue weighted by Gasteiger charge is 2.15. The summed E-state index contributed by atoms with van der Waals surface area (Å²) in [6.07, 6.45) is 0. The van der Waals surface area contributed by atoms with Crippen LogP contribution in [0.4, 0.5) is 5.69 Å². The Morgan fingerprint density at radius 2 is 1.09 bits per heavy atom. The molecule has 3 nitrogen and oxygen atoms in total. The summed E-state index contributed by atoms with van der Waals surface area (Å²) >= 11 is 0. The summed E-state index contributed by atoms with van der Waals surface area (Å²) in [6.45, 7) is 0. The molecule has 0 unspecified atom stereocenters. The summed E-state index contributed by atoms with van der Waals surface area (Å²) in [5, 5.41) is 3.63. The average Bonchev–Trinajstić information content (AvgIpc) is 2.59. The van der Waals surface area contributed by atoms with Crippen molar-refractivity contribution in [2.75, 3.05) is 0 Å². The Bertz CT molecular complexity index is 734. The van der Waals surface area contributed by atoms with Gasteiger partial charge in [-0.2, -0.15) is 0 Å². The van der Waals surface area contributed by atoms with Crippen LogP contribution in [-0.2, 0) is 0 Å². The van der Waals surface area contributed by atoms with Crippen LogP contribution in [0.5, 0.6) is 0 Å². The minimum absolute atomic E-state index is 0.169. The molecule has 0 atom stereocenters. The van der Waals surface area contributed by atoms with Gasteiger partial charge in [-0.15, -0.1) is 0 Å². The molecule has 0 heterocycles. The molecule has 0 amide bonds. The highest BCUT2D eigenvalue weighted by Crippen LogP contribution is 2.32. The summed E-state index contributed by atoms with van der Waals surface area (Å²) in [5.74, 6) is 0.169. The maximum atomic E-state index is 8.51. The Hall–Kier alpha value is -3.03. The molecule has 0 N–H and O–H groups in total. The molecule has 0 saturated heterocycles. The highest BCUT2D eigenvalue weighted by atomic mass is 15.1. The zero-order valence-corrected chi connectivity index (χ0v) is 12.0. The van der Waals surface area contributed by atoms with Gasteiger partial charge >= 0.3 is 0 Å². The fraction of sp³-hybridized carbons (Fsp3) is 0.0526. The van der Waals surface area contributed by atoms with E-state index in [4.69, 9.17) is 5.53 Å². The third kappa shape index (κ3) is 3.00. The van der Waals surface area contributed by atoms with Crippen molar-refractivity contribution in [3.63, 3.8) is 0 Å². The lowest BCUT2D eigenvalue weighted by atomic mass is 9.85. The Morgan fingerprint density at radius 3 is 1.55 bits per heavy atom. The second-order valence-corrected chi connectivity index (χ2v) is 5.04. The number of azide groups is 1. The number of nitrogens with zero attached hydrogens (tertiary/aromatic N) is 3. The van der Waals surface area contributed by atoms with Gasteiger partial charge in [0.25, 0.3) is 0 Å². The van der Waals surface area contributed by atoms with E-state index >= 15 is 0 Å². The molecule has 0 radical (unpaired) electrons. The minimum Gasteiger partial charge on any atom is -0.0622 e. The maximum Gasteiger partial charge on any atom is 0.0375 e. The van der Waals surface area contributed by atoms with Crippen molar-refractivity contribution in [1.29, 1.82) is 0 Å². The van der Waals surface area contributed by atoms with Gasteiger partial charge in [-0.1, -0.05) is 90.0 Å². The van der Waals surface area contributed by atoms with Gasteiger partial charge in [0.1, 0.15) is 0 Å². The van der Waals surface area contributed by atoms with E-state index in [1.807, 2.05) is 36.4 Å². The monoisotopic (exact) mass is 285 g/mol. The molecule has 3 aromatic rings. The van der Waals surface area contributed by atoms with E-state index in [2.05, 4.69) is 58.6 Å². The van der Waals surface area contributed by atoms with Crippen LogP contribution in [0.2, 0.25) is 0 Å². The Labute approximate surface area is 129 Å². The average molecular weight is 285 g/mol. The maximum absolute atomic E-state index is 8.51. The summed E-state index contributed by atoms with van der Waals surface area (Å²) in [4.78, 5) is 2.82. The topological polar surface area (TPSA) is 48.8 Å². The second-order valence-electron chi connectivity index (χ2n) is 5.04. The first-order valence-corrected chi connectivity index (χ1v) is 7.13. The van der Waals surface area contributed by atoms with Crippen molar-refractivity contribution in [2.45, 2.75) is 5.92 Å². The van der Waals surface area contributed by atoms with Crippen molar-refractivity contribution in [2.24, 2.45) is 5.11 Å². The van der Waals surface area contributed by atoms with Gasteiger partial charge in [0.2, 0.25) is 0 Å². The molecule has 0 aliphatic heterocycles. The van der Waals surface area contributed by atoms with Crippen LogP contribution in [0.1, 0.15) is 22.6 Å². The fourth-order valence-corrected chi connectivity index (χ4v) is 2.65. The SMILES string of the molecule is [N-]=[N+]=Nc1ccc(C(c2ccccc2)c2ccccc2)cc1. The largest absolute Gasteiger partial charge is 0.0622 e. The van der Waals surface area contributed by atoms with Gasteiger partial charge in [-0.3, -0.25) is 0 Å². The number of benzene rings is 3. The van der Waals surface area contributed by atoms with Gasteiger partial charge in [-0.05, 0) is 22.2 Å². The van der Waals surface area contributed by atoms with Gasteiger partial charge in [0, 0.05) is 16.5 Å². The van der Waals surface area contributed by atoms with E-state index in [1.165, 1.54) is 16.7 Å². The first-order valence-electron chi connectivity index (χ1n) is 7.13. The van der Waals surface area contributed by atoms with E-state index in [0.29, 0.717) is 5.69 Å². The molecule has 0 aliphatic rings. The van der Waals surface area contributed by atoms with Crippen molar-refractivity contribution in [3.05, 3.63) is 112 Å². The molecule has 22 heavy (non-hydrogen) atoms. The first-order chi connectivity index (χ1) is 10.9. The summed E-state index contributed by atoms with van der Waals surface area (Å²) in [7, 11) is 0. The van der Waals surface area contributed by atoms with E-state index < -0.39 is 0 Å². The van der Waals surface area contributed by atoms with Crippen molar-refractivity contribution in [3.8, 4) is 0 Å². The highest BCUT2D eigenvalue weighted by molar-refractivity contribution is 5.47. The molecule has 0 aromatic heterocycles. The molecular weight excluding hydrogens is 270 g/mol. The quantitative estimate of drug-likeness (QED) is 0.251. The number of rotatable bonds is 4. The lowest BCUT2D eigenvalue weighted by Gasteiger charge is -2.19. The van der Waals surface area contributed by atoms with Crippen LogP contribution in [0.15, 0.2) is 90.0 Å². The van der Waals surface area contributed by atoms with Gasteiger partial charge in [0.05, 0.1) is 0 Å². The van der Waals surface area contributed by atoms with Gasteiger partial charge in [0.15, 0.2) is 0 Å². The van der Waals surface area contributed by atoms with Crippen LogP contribution >= 0.6 is 0 Å². The van der Waals surface area contributed by atoms with E-state index in [0.717, 1.165) is 0 Å². The summed E-state index contributed by atoms with van der Waals surface area (Å²) < 4.78 is 0. The van der Waals surface area contributed by atoms with Crippen molar-refractivity contribution >= 4 is 5.69 Å². The molecule has 3 heteroatoms. The van der Waals surface area contributed by atoms with Crippen LogP contribution in [0.3, 0.4) is 0 Å². The fourth-order valence-electron chi connectivity index (χ4n) is 2.65. The number of hydrogen-bond donors (Lipinski definition) is 0. The standard InChI is InChI=1S/C19H15N3/c20-22-21-18-13-11-17(12-14-18)19(15-7-3-1-4-8-15)16-9-5-2-6-10-16/h1-14,19H. The van der Waals surface area contributed by atoms with Crippen LogP contribution < -0.4 is 0 Å². The predicted molar refractivity (Wildman–Crippen MR) is 89.1 cm³/mol. The van der Waals surface area contributed by atoms with Crippen LogP contribution in [0.25, 0.3) is 10.4 Å². The zero-order valence-electron chi connectivity index (χ0n) is 12.0. The summed E-state index contributed by atoms with van der Waals surface area (Å²) in [6, 6.07) is 28.6. The van der Waals surface area contributed by atoms with E-state index in [-0.39, 0.29) is 5.92 Å². The Morgan fingerprint density at radius 1 is 0.636 bits per heavy atom. The third-order valence-corrected chi connectivity index (χ3v) is 3.65. The second kappa shape index (κ2) is 6.61. The molecule has 0 saturated carbocycles. The minimum atomic E-state index is 0.169. The molecule has 0 spiro atoms. The molecule has 0 bridgehead atoms. The molecule has 106 valence electrons. The van der Waals surface area contributed by atoms with Gasteiger partial charge in [-0.25, -0.2) is 0 Å². The lowest BCUT2D eigenvalue weighted by Crippen LogP contribution is -2.02. The predicted octanol–water partition coefficient (Wildman–Crippen LogP) is 5.81. The molecule has 3 aromatic carbocycles. The Kier molecular flexibility index (Phi) is 4.19. The smallest absolute Gasteiger partial charge is 0.0375 e. The molecule has 3 rings (SSSR count). The van der Waals surface area contributed by atoms with E-state index in [9.17, 15) is 0 Å². The van der Waals surface area contributed by atoms with E-state index in [1.54, 1.807) is 0 Å². The molecule has 0 fully saturated rings. The Balaban J connectivity index is 2.07. The first kappa shape index (κ1) is 13.9. The van der Waals surface area contributed by atoms with Crippen molar-refractivity contribution in [1.82, 2.24) is 0 Å². The van der Waals surface area contributed by atoms with Crippen LogP contribution in [0, 0.1) is 0 Å². The number of hydrogen-bond acceptors (Lipinski definition) is 1. The lowest BCUT2D eigenvalue weighted by molar-refractivity contribution is 0.977. The summed E-state index contributed by atoms with van der Waals surface area (Å²) in [5.41, 5.74) is 12.8. The normalized spacial score (nSPS) is 10.2. The van der Waals surface area contributed by atoms with Crippen molar-refractivity contribution < 1.29 is 0 Å². The van der Waals surface area contributed by atoms with Crippen LogP contribution in [-0.4, -0.2) is 0 Å². The molecule has 0 aliphatic carbocycles. The zero-order chi connectivity index (χ0) is 15.2.